The minimum Gasteiger partial charge on any atom is -0.423 e. The van der Waals surface area contributed by atoms with Gasteiger partial charge in [0.25, 0.3) is 0 Å². The number of hydrogen-bond donors (Lipinski definition) is 5. The normalized spacial score (nSPS) is 11.9. The van der Waals surface area contributed by atoms with Crippen LogP contribution in [0.2, 0.25) is 0 Å². The Labute approximate surface area is 138 Å². The van der Waals surface area contributed by atoms with Crippen LogP contribution in [0.3, 0.4) is 0 Å². The van der Waals surface area contributed by atoms with E-state index in [1.807, 2.05) is 12.1 Å². The molecule has 0 radical (unpaired) electrons. The fourth-order valence-corrected chi connectivity index (χ4v) is 2.21. The number of hydrogen-bond acceptors (Lipinski definition) is 5. The molecule has 0 aliphatic heterocycles. The van der Waals surface area contributed by atoms with Gasteiger partial charge in [0.05, 0.1) is 6.04 Å². The second kappa shape index (κ2) is 8.11. The molecule has 0 bridgehead atoms. The number of nitrogens with two attached hydrogens (primary N) is 2. The lowest BCUT2D eigenvalue weighted by molar-refractivity contribution is -0.122. The number of fused-ring (bicyclic) bond motifs is 1. The van der Waals surface area contributed by atoms with Gasteiger partial charge < -0.3 is 26.5 Å². The molecule has 24 heavy (non-hydrogen) atoms. The van der Waals surface area contributed by atoms with Gasteiger partial charge in [0.1, 0.15) is 5.58 Å². The molecule has 1 aromatic carbocycles. The first kappa shape index (κ1) is 17.5. The molecule has 2 aromatic rings. The molecular formula is C16H21N5O3. The molecule has 0 unspecified atom stereocenters. The zero-order chi connectivity index (χ0) is 17.5. The molecule has 1 atom stereocenters. The van der Waals surface area contributed by atoms with Crippen LogP contribution in [0.5, 0.6) is 0 Å². The Bertz CT molecular complexity index is 787. The van der Waals surface area contributed by atoms with Crippen LogP contribution in [0.4, 0.5) is 0 Å². The Morgan fingerprint density at radius 3 is 2.75 bits per heavy atom. The number of rotatable bonds is 7. The summed E-state index contributed by atoms with van der Waals surface area (Å²) >= 11 is 0. The van der Waals surface area contributed by atoms with Crippen molar-refractivity contribution >= 4 is 22.8 Å². The van der Waals surface area contributed by atoms with E-state index < -0.39 is 11.7 Å². The molecule has 1 heterocycles. The summed E-state index contributed by atoms with van der Waals surface area (Å²) in [4.78, 5) is 23.2. The zero-order valence-corrected chi connectivity index (χ0v) is 13.2. The van der Waals surface area contributed by atoms with Gasteiger partial charge in [0.15, 0.2) is 5.96 Å². The summed E-state index contributed by atoms with van der Waals surface area (Å²) in [6.07, 6.45) is 1.12. The molecule has 1 amide bonds. The van der Waals surface area contributed by atoms with Crippen LogP contribution < -0.4 is 27.7 Å². The van der Waals surface area contributed by atoms with E-state index >= 15 is 0 Å². The van der Waals surface area contributed by atoms with Gasteiger partial charge in [-0.15, -0.1) is 0 Å². The van der Waals surface area contributed by atoms with Crippen molar-refractivity contribution in [2.24, 2.45) is 11.5 Å². The Kier molecular flexibility index (Phi) is 5.91. The highest BCUT2D eigenvalue weighted by molar-refractivity contribution is 5.82. The number of carbonyl (C=O) groups is 1. The van der Waals surface area contributed by atoms with E-state index in [9.17, 15) is 9.59 Å². The number of guanidine groups is 1. The SMILES string of the molecule is N=C(N)NCCC[C@H](N)C(=O)NCc1ccc2ccc(=O)oc2c1. The lowest BCUT2D eigenvalue weighted by Crippen LogP contribution is -2.41. The van der Waals surface area contributed by atoms with Crippen LogP contribution in [0.1, 0.15) is 18.4 Å². The second-order valence-corrected chi connectivity index (χ2v) is 5.43. The third-order valence-corrected chi connectivity index (χ3v) is 3.50. The first-order valence-electron chi connectivity index (χ1n) is 7.59. The molecule has 7 N–H and O–H groups in total. The molecule has 2 rings (SSSR count). The lowest BCUT2D eigenvalue weighted by Gasteiger charge is -2.12. The van der Waals surface area contributed by atoms with Gasteiger partial charge in [-0.05, 0) is 30.5 Å². The van der Waals surface area contributed by atoms with Crippen molar-refractivity contribution < 1.29 is 9.21 Å². The van der Waals surface area contributed by atoms with Crippen molar-refractivity contribution in [3.8, 4) is 0 Å². The Balaban J connectivity index is 1.84. The van der Waals surface area contributed by atoms with Crippen molar-refractivity contribution in [1.29, 1.82) is 5.41 Å². The molecule has 8 nitrogen and oxygen atoms in total. The van der Waals surface area contributed by atoms with Crippen LogP contribution in [0.15, 0.2) is 39.5 Å². The van der Waals surface area contributed by atoms with Crippen LogP contribution in [0, 0.1) is 5.41 Å². The van der Waals surface area contributed by atoms with Gasteiger partial charge in [-0.3, -0.25) is 10.2 Å². The number of nitrogens with one attached hydrogen (secondary N) is 3. The van der Waals surface area contributed by atoms with E-state index in [0.29, 0.717) is 31.5 Å². The molecule has 128 valence electrons. The quantitative estimate of drug-likeness (QED) is 0.209. The van der Waals surface area contributed by atoms with Gasteiger partial charge in [-0.25, -0.2) is 4.79 Å². The summed E-state index contributed by atoms with van der Waals surface area (Å²) < 4.78 is 5.11. The Hall–Kier alpha value is -2.87. The Morgan fingerprint density at radius 2 is 2.00 bits per heavy atom. The van der Waals surface area contributed by atoms with E-state index in [0.717, 1.165) is 10.9 Å². The highest BCUT2D eigenvalue weighted by Gasteiger charge is 2.12. The van der Waals surface area contributed by atoms with Crippen molar-refractivity contribution in [1.82, 2.24) is 10.6 Å². The molecule has 0 saturated carbocycles. The van der Waals surface area contributed by atoms with E-state index in [4.69, 9.17) is 21.3 Å². The molecule has 8 heteroatoms. The fourth-order valence-electron chi connectivity index (χ4n) is 2.21. The summed E-state index contributed by atoms with van der Waals surface area (Å²) in [6, 6.07) is 7.83. The van der Waals surface area contributed by atoms with Crippen LogP contribution in [-0.2, 0) is 11.3 Å². The first-order valence-corrected chi connectivity index (χ1v) is 7.59. The van der Waals surface area contributed by atoms with Gasteiger partial charge in [0.2, 0.25) is 5.91 Å². The maximum Gasteiger partial charge on any atom is 0.336 e. The van der Waals surface area contributed by atoms with Gasteiger partial charge in [-0.2, -0.15) is 0 Å². The number of benzene rings is 1. The zero-order valence-electron chi connectivity index (χ0n) is 13.2. The number of carbonyl (C=O) groups excluding carboxylic acids is 1. The van der Waals surface area contributed by atoms with E-state index in [2.05, 4.69) is 10.6 Å². The van der Waals surface area contributed by atoms with Gasteiger partial charge >= 0.3 is 5.63 Å². The van der Waals surface area contributed by atoms with Crippen LogP contribution in [0.25, 0.3) is 11.0 Å². The summed E-state index contributed by atoms with van der Waals surface area (Å²) in [6.45, 7) is 0.798. The van der Waals surface area contributed by atoms with Crippen molar-refractivity contribution in [3.05, 3.63) is 46.3 Å². The van der Waals surface area contributed by atoms with E-state index in [-0.39, 0.29) is 11.9 Å². The van der Waals surface area contributed by atoms with Gasteiger partial charge in [-0.1, -0.05) is 12.1 Å². The topological polar surface area (TPSA) is 147 Å². The van der Waals surface area contributed by atoms with Crippen molar-refractivity contribution in [2.45, 2.75) is 25.4 Å². The lowest BCUT2D eigenvalue weighted by atomic mass is 10.1. The van der Waals surface area contributed by atoms with E-state index in [1.54, 1.807) is 12.1 Å². The molecular weight excluding hydrogens is 310 g/mol. The maximum atomic E-state index is 12.0. The summed E-state index contributed by atoms with van der Waals surface area (Å²) in [7, 11) is 0. The average molecular weight is 331 g/mol. The standard InChI is InChI=1S/C16H21N5O3/c17-12(2-1-7-20-16(18)19)15(23)21-9-10-3-4-11-5-6-14(22)24-13(11)8-10/h3-6,8,12H,1-2,7,9,17H2,(H,21,23)(H4,18,19,20)/t12-/m0/s1. The van der Waals surface area contributed by atoms with Crippen molar-refractivity contribution in [2.75, 3.05) is 6.54 Å². The fraction of sp³-hybridized carbons (Fsp3) is 0.312. The molecule has 0 aliphatic carbocycles. The van der Waals surface area contributed by atoms with E-state index in [1.165, 1.54) is 6.07 Å². The highest BCUT2D eigenvalue weighted by atomic mass is 16.4. The third kappa shape index (κ3) is 5.10. The first-order chi connectivity index (χ1) is 11.5. The highest BCUT2D eigenvalue weighted by Crippen LogP contribution is 2.13. The molecule has 0 aliphatic rings. The predicted molar refractivity (Wildman–Crippen MR) is 91.5 cm³/mol. The number of amides is 1. The summed E-state index contributed by atoms with van der Waals surface area (Å²) in [5.41, 5.74) is 11.9. The third-order valence-electron chi connectivity index (χ3n) is 3.50. The van der Waals surface area contributed by atoms with Crippen LogP contribution in [-0.4, -0.2) is 24.5 Å². The predicted octanol–water partition coefficient (Wildman–Crippen LogP) is -0.000230. The maximum absolute atomic E-state index is 12.0. The smallest absolute Gasteiger partial charge is 0.336 e. The van der Waals surface area contributed by atoms with Gasteiger partial charge in [0, 0.05) is 24.5 Å². The largest absolute Gasteiger partial charge is 0.423 e. The average Bonchev–Trinajstić information content (AvgIpc) is 2.55. The Morgan fingerprint density at radius 1 is 1.25 bits per heavy atom. The summed E-state index contributed by atoms with van der Waals surface area (Å²) in [5.74, 6) is -0.358. The minimum atomic E-state index is -0.628. The molecule has 0 spiro atoms. The molecule has 0 fully saturated rings. The summed E-state index contributed by atoms with van der Waals surface area (Å²) in [5, 5.41) is 13.3. The second-order valence-electron chi connectivity index (χ2n) is 5.43. The van der Waals surface area contributed by atoms with Crippen molar-refractivity contribution in [3.63, 3.8) is 0 Å². The minimum absolute atomic E-state index is 0.101. The van der Waals surface area contributed by atoms with Crippen LogP contribution >= 0.6 is 0 Å². The monoisotopic (exact) mass is 331 g/mol. The molecule has 1 aromatic heterocycles. The molecule has 0 saturated heterocycles.